The molecule has 3 saturated heterocycles. The van der Waals surface area contributed by atoms with Crippen LogP contribution in [0.25, 0.3) is 0 Å². The molecular weight excluding hydrogens is 334 g/mol. The summed E-state index contributed by atoms with van der Waals surface area (Å²) in [7, 11) is 3.48. The van der Waals surface area contributed by atoms with Gasteiger partial charge in [-0.3, -0.25) is 9.59 Å². The van der Waals surface area contributed by atoms with Crippen LogP contribution in [0.4, 0.5) is 0 Å². The summed E-state index contributed by atoms with van der Waals surface area (Å²) in [6, 6.07) is 0. The van der Waals surface area contributed by atoms with Gasteiger partial charge in [0.15, 0.2) is 5.96 Å². The molecule has 2 N–H and O–H groups in total. The first-order chi connectivity index (χ1) is 12.5. The third-order valence-corrected chi connectivity index (χ3v) is 5.53. The highest BCUT2D eigenvalue weighted by atomic mass is 16.5. The zero-order chi connectivity index (χ0) is 18.6. The normalized spacial score (nSPS) is 29.2. The second-order valence-corrected chi connectivity index (χ2v) is 7.92. The van der Waals surface area contributed by atoms with Crippen LogP contribution in [0.1, 0.15) is 32.1 Å². The van der Waals surface area contributed by atoms with Crippen molar-refractivity contribution in [1.29, 1.82) is 0 Å². The lowest BCUT2D eigenvalue weighted by molar-refractivity contribution is -0.127. The summed E-state index contributed by atoms with van der Waals surface area (Å²) < 4.78 is 5.70. The number of rotatable bonds is 4. The number of hydrogen-bond acceptors (Lipinski definition) is 4. The molecule has 3 fully saturated rings. The number of nitrogens with zero attached hydrogens (tertiary/aromatic N) is 3. The van der Waals surface area contributed by atoms with Gasteiger partial charge in [-0.05, 0) is 25.7 Å². The van der Waals surface area contributed by atoms with Gasteiger partial charge < -0.3 is 25.2 Å². The lowest BCUT2D eigenvalue weighted by atomic mass is 9.79. The number of guanidine groups is 1. The quantitative estimate of drug-likeness (QED) is 0.532. The summed E-state index contributed by atoms with van der Waals surface area (Å²) in [5.41, 5.74) is -0.00675. The van der Waals surface area contributed by atoms with Crippen molar-refractivity contribution in [1.82, 2.24) is 20.4 Å². The summed E-state index contributed by atoms with van der Waals surface area (Å²) in [4.78, 5) is 32.1. The molecule has 1 spiro atoms. The predicted octanol–water partition coefficient (Wildman–Crippen LogP) is -0.199. The van der Waals surface area contributed by atoms with Crippen molar-refractivity contribution in [3.63, 3.8) is 0 Å². The van der Waals surface area contributed by atoms with Gasteiger partial charge in [0.1, 0.15) is 6.54 Å². The van der Waals surface area contributed by atoms with Gasteiger partial charge in [-0.25, -0.2) is 4.99 Å². The molecule has 0 aromatic heterocycles. The fraction of sp³-hybridized carbons (Fsp3) is 0.833. The standard InChI is InChI=1S/C18H31N5O3/c1-22(2)16(25)11-20-17(19-10-14-5-3-8-26-14)23-7-4-6-18(13-23)9-15(24)21-12-18/h14H,3-13H2,1-2H3,(H,19,20)(H,21,24). The van der Waals surface area contributed by atoms with E-state index in [0.717, 1.165) is 57.9 Å². The number of aliphatic imine (C=N–C) groups is 1. The van der Waals surface area contributed by atoms with E-state index in [2.05, 4.69) is 20.5 Å². The van der Waals surface area contributed by atoms with Gasteiger partial charge >= 0.3 is 0 Å². The lowest BCUT2D eigenvalue weighted by Gasteiger charge is -2.41. The maximum atomic E-state index is 12.0. The number of amides is 2. The Balaban J connectivity index is 1.67. The number of likely N-dealkylation sites (N-methyl/N-ethyl adjacent to an activating group) is 1. The van der Waals surface area contributed by atoms with Crippen molar-refractivity contribution < 1.29 is 14.3 Å². The Morgan fingerprint density at radius 1 is 1.46 bits per heavy atom. The molecule has 8 nitrogen and oxygen atoms in total. The lowest BCUT2D eigenvalue weighted by Crippen LogP contribution is -2.52. The minimum Gasteiger partial charge on any atom is -0.376 e. The molecule has 0 radical (unpaired) electrons. The average Bonchev–Trinajstić information content (AvgIpc) is 3.25. The van der Waals surface area contributed by atoms with Crippen LogP contribution >= 0.6 is 0 Å². The van der Waals surface area contributed by atoms with Crippen LogP contribution in [-0.4, -0.2) is 87.1 Å². The van der Waals surface area contributed by atoms with Gasteiger partial charge in [-0.15, -0.1) is 0 Å². The Morgan fingerprint density at radius 3 is 2.96 bits per heavy atom. The van der Waals surface area contributed by atoms with E-state index in [1.807, 2.05) is 0 Å². The van der Waals surface area contributed by atoms with E-state index in [1.54, 1.807) is 19.0 Å². The van der Waals surface area contributed by atoms with Gasteiger partial charge in [0, 0.05) is 58.7 Å². The van der Waals surface area contributed by atoms with Gasteiger partial charge in [-0.2, -0.15) is 0 Å². The summed E-state index contributed by atoms with van der Waals surface area (Å²) >= 11 is 0. The molecule has 2 unspecified atom stereocenters. The monoisotopic (exact) mass is 365 g/mol. The Bertz CT molecular complexity index is 559. The zero-order valence-electron chi connectivity index (χ0n) is 15.9. The van der Waals surface area contributed by atoms with Crippen LogP contribution in [0, 0.1) is 5.41 Å². The van der Waals surface area contributed by atoms with E-state index in [-0.39, 0.29) is 29.9 Å². The fourth-order valence-electron chi connectivity index (χ4n) is 3.99. The Labute approximate surface area is 155 Å². The highest BCUT2D eigenvalue weighted by Gasteiger charge is 2.42. The van der Waals surface area contributed by atoms with Gasteiger partial charge in [0.05, 0.1) is 6.10 Å². The second kappa shape index (κ2) is 8.24. The van der Waals surface area contributed by atoms with E-state index in [4.69, 9.17) is 4.74 Å². The highest BCUT2D eigenvalue weighted by molar-refractivity contribution is 5.85. The third-order valence-electron chi connectivity index (χ3n) is 5.53. The van der Waals surface area contributed by atoms with Crippen molar-refractivity contribution in [2.45, 2.75) is 38.2 Å². The molecule has 26 heavy (non-hydrogen) atoms. The van der Waals surface area contributed by atoms with Gasteiger partial charge in [-0.1, -0.05) is 0 Å². The predicted molar refractivity (Wildman–Crippen MR) is 98.8 cm³/mol. The van der Waals surface area contributed by atoms with E-state index in [9.17, 15) is 9.59 Å². The van der Waals surface area contributed by atoms with Crippen LogP contribution < -0.4 is 10.6 Å². The van der Waals surface area contributed by atoms with Crippen molar-refractivity contribution in [3.05, 3.63) is 0 Å². The zero-order valence-corrected chi connectivity index (χ0v) is 15.9. The van der Waals surface area contributed by atoms with Crippen LogP contribution in [0.3, 0.4) is 0 Å². The largest absolute Gasteiger partial charge is 0.376 e. The average molecular weight is 365 g/mol. The third kappa shape index (κ3) is 4.66. The smallest absolute Gasteiger partial charge is 0.243 e. The molecule has 2 atom stereocenters. The number of carbonyl (C=O) groups is 2. The van der Waals surface area contributed by atoms with Gasteiger partial charge in [0.2, 0.25) is 11.8 Å². The van der Waals surface area contributed by atoms with Crippen LogP contribution in [0.2, 0.25) is 0 Å². The summed E-state index contributed by atoms with van der Waals surface area (Å²) in [6.45, 7) is 4.07. The molecule has 0 bridgehead atoms. The molecule has 0 aromatic rings. The molecule has 3 aliphatic heterocycles. The fourth-order valence-corrected chi connectivity index (χ4v) is 3.99. The van der Waals surface area contributed by atoms with E-state index in [0.29, 0.717) is 13.0 Å². The van der Waals surface area contributed by atoms with E-state index >= 15 is 0 Å². The Morgan fingerprint density at radius 2 is 2.31 bits per heavy atom. The molecule has 3 heterocycles. The van der Waals surface area contributed by atoms with E-state index < -0.39 is 0 Å². The minimum atomic E-state index is -0.0224. The van der Waals surface area contributed by atoms with Crippen LogP contribution in [0.5, 0.6) is 0 Å². The second-order valence-electron chi connectivity index (χ2n) is 7.92. The van der Waals surface area contributed by atoms with Crippen molar-refractivity contribution in [2.75, 3.05) is 53.4 Å². The molecular formula is C18H31N5O3. The SMILES string of the molecule is CN(C)C(=O)CN=C(NCC1CCCO1)N1CCCC2(CNC(=O)C2)C1. The molecule has 2 amide bonds. The number of likely N-dealkylation sites (tertiary alicyclic amines) is 1. The number of carbonyl (C=O) groups excluding carboxylic acids is 2. The number of ether oxygens (including phenoxy) is 1. The van der Waals surface area contributed by atoms with Gasteiger partial charge in [0.25, 0.3) is 0 Å². The van der Waals surface area contributed by atoms with E-state index in [1.165, 1.54) is 0 Å². The molecule has 3 rings (SSSR count). The summed E-state index contributed by atoms with van der Waals surface area (Å²) in [5, 5.41) is 6.39. The van der Waals surface area contributed by atoms with Crippen molar-refractivity contribution in [2.24, 2.45) is 10.4 Å². The number of piperidine rings is 1. The molecule has 0 aliphatic carbocycles. The highest BCUT2D eigenvalue weighted by Crippen LogP contribution is 2.36. The maximum absolute atomic E-state index is 12.0. The summed E-state index contributed by atoms with van der Waals surface area (Å²) in [5.74, 6) is 0.875. The van der Waals surface area contributed by atoms with Crippen molar-refractivity contribution >= 4 is 17.8 Å². The van der Waals surface area contributed by atoms with Crippen LogP contribution in [0.15, 0.2) is 4.99 Å². The molecule has 146 valence electrons. The topological polar surface area (TPSA) is 86.3 Å². The Hall–Kier alpha value is -1.83. The molecule has 8 heteroatoms. The first-order valence-corrected chi connectivity index (χ1v) is 9.59. The number of hydrogen-bond donors (Lipinski definition) is 2. The maximum Gasteiger partial charge on any atom is 0.243 e. The number of nitrogens with one attached hydrogen (secondary N) is 2. The molecule has 3 aliphatic rings. The minimum absolute atomic E-state index is 0.00675. The Kier molecular flexibility index (Phi) is 6.01. The summed E-state index contributed by atoms with van der Waals surface area (Å²) in [6.07, 6.45) is 5.02. The van der Waals surface area contributed by atoms with Crippen LogP contribution in [-0.2, 0) is 14.3 Å². The molecule has 0 saturated carbocycles. The first kappa shape index (κ1) is 18.9. The van der Waals surface area contributed by atoms with Crippen molar-refractivity contribution in [3.8, 4) is 0 Å². The first-order valence-electron chi connectivity index (χ1n) is 9.59. The molecule has 0 aromatic carbocycles.